The third-order valence-corrected chi connectivity index (χ3v) is 4.80. The van der Waals surface area contributed by atoms with Gasteiger partial charge in [-0.25, -0.2) is 4.79 Å². The molecule has 0 radical (unpaired) electrons. The van der Waals surface area contributed by atoms with Crippen molar-refractivity contribution < 1.29 is 19.5 Å². The number of nitrogens with two attached hydrogens (primary N) is 1. The molecule has 1 unspecified atom stereocenters. The largest absolute Gasteiger partial charge is 0.480 e. The van der Waals surface area contributed by atoms with Crippen LogP contribution >= 0.6 is 11.3 Å². The van der Waals surface area contributed by atoms with Crippen molar-refractivity contribution in [2.75, 3.05) is 0 Å². The number of hydrogen-bond acceptors (Lipinski definition) is 4. The first kappa shape index (κ1) is 15.5. The Morgan fingerprint density at radius 2 is 2.24 bits per heavy atom. The number of aryl methyl sites for hydroxylation is 1. The van der Waals surface area contributed by atoms with Crippen LogP contribution in [0.2, 0.25) is 0 Å². The summed E-state index contributed by atoms with van der Waals surface area (Å²) in [6.45, 7) is 2.17. The van der Waals surface area contributed by atoms with Crippen molar-refractivity contribution in [2.24, 2.45) is 11.7 Å². The van der Waals surface area contributed by atoms with Crippen LogP contribution in [0.15, 0.2) is 6.07 Å². The summed E-state index contributed by atoms with van der Waals surface area (Å²) < 4.78 is 0. The molecule has 0 bridgehead atoms. The van der Waals surface area contributed by atoms with E-state index in [1.165, 1.54) is 21.8 Å². The lowest BCUT2D eigenvalue weighted by molar-refractivity contribution is -0.140. The Bertz CT molecular complexity index is 582. The number of carboxylic acids is 1. The van der Waals surface area contributed by atoms with Crippen molar-refractivity contribution >= 4 is 29.1 Å². The van der Waals surface area contributed by atoms with E-state index in [-0.39, 0.29) is 0 Å². The molecule has 114 valence electrons. The summed E-state index contributed by atoms with van der Waals surface area (Å²) in [5.74, 6) is -1.89. The number of rotatable bonds is 5. The Morgan fingerprint density at radius 1 is 1.52 bits per heavy atom. The molecule has 0 aromatic carbocycles. The number of carbonyl (C=O) groups is 3. The number of carbonyl (C=O) groups excluding carboxylic acids is 2. The molecule has 7 heteroatoms. The predicted octanol–water partition coefficient (Wildman–Crippen LogP) is 0.931. The summed E-state index contributed by atoms with van der Waals surface area (Å²) in [5.41, 5.74) is 6.16. The Hall–Kier alpha value is -1.89. The normalized spacial score (nSPS) is 18.6. The maximum Gasteiger partial charge on any atom is 0.326 e. The Labute approximate surface area is 126 Å². The Kier molecular flexibility index (Phi) is 4.62. The van der Waals surface area contributed by atoms with Gasteiger partial charge in [-0.1, -0.05) is 6.92 Å². The van der Waals surface area contributed by atoms with Crippen molar-refractivity contribution in [2.45, 2.75) is 38.6 Å². The molecule has 2 amide bonds. The second-order valence-electron chi connectivity index (χ2n) is 5.44. The van der Waals surface area contributed by atoms with Crippen LogP contribution in [0.25, 0.3) is 0 Å². The van der Waals surface area contributed by atoms with Gasteiger partial charge in [-0.3, -0.25) is 9.59 Å². The minimum absolute atomic E-state index is 0.413. The number of nitrogens with one attached hydrogen (secondary N) is 1. The molecule has 1 heterocycles. The quantitative estimate of drug-likeness (QED) is 0.751. The lowest BCUT2D eigenvalue weighted by atomic mass is 9.90. The summed E-state index contributed by atoms with van der Waals surface area (Å²) in [4.78, 5) is 35.7. The van der Waals surface area contributed by atoms with Crippen LogP contribution in [0.1, 0.15) is 39.9 Å². The van der Waals surface area contributed by atoms with Crippen LogP contribution in [-0.4, -0.2) is 28.9 Å². The molecule has 1 aliphatic rings. The number of carboxylic acid groups (broad SMARTS) is 1. The van der Waals surface area contributed by atoms with Gasteiger partial charge in [0.25, 0.3) is 5.91 Å². The van der Waals surface area contributed by atoms with Gasteiger partial charge in [0.15, 0.2) is 0 Å². The molecule has 0 saturated heterocycles. The Balaban J connectivity index is 2.09. The number of primary amides is 1. The van der Waals surface area contributed by atoms with Crippen LogP contribution in [0.5, 0.6) is 0 Å². The number of hydrogen-bond donors (Lipinski definition) is 3. The van der Waals surface area contributed by atoms with E-state index in [1.807, 2.05) is 6.07 Å². The summed E-state index contributed by atoms with van der Waals surface area (Å²) >= 11 is 1.40. The van der Waals surface area contributed by atoms with Gasteiger partial charge in [-0.15, -0.1) is 11.3 Å². The van der Waals surface area contributed by atoms with Crippen LogP contribution in [0, 0.1) is 5.92 Å². The fraction of sp³-hybridized carbons (Fsp3) is 0.500. The first-order valence-electron chi connectivity index (χ1n) is 6.80. The maximum absolute atomic E-state index is 12.1. The maximum atomic E-state index is 12.1. The molecule has 6 nitrogen and oxygen atoms in total. The highest BCUT2D eigenvalue weighted by molar-refractivity contribution is 7.14. The molecule has 21 heavy (non-hydrogen) atoms. The van der Waals surface area contributed by atoms with Gasteiger partial charge in [0.2, 0.25) is 5.91 Å². The van der Waals surface area contributed by atoms with Crippen molar-refractivity contribution in [1.82, 2.24) is 5.32 Å². The number of amides is 2. The summed E-state index contributed by atoms with van der Waals surface area (Å²) in [6, 6.07) is 0.543. The van der Waals surface area contributed by atoms with Crippen molar-refractivity contribution in [3.63, 3.8) is 0 Å². The van der Waals surface area contributed by atoms with E-state index in [0.29, 0.717) is 10.8 Å². The first-order chi connectivity index (χ1) is 9.86. The van der Waals surface area contributed by atoms with Crippen LogP contribution in [0.4, 0.5) is 0 Å². The van der Waals surface area contributed by atoms with Gasteiger partial charge in [-0.05, 0) is 36.8 Å². The highest BCUT2D eigenvalue weighted by Crippen LogP contribution is 2.32. The van der Waals surface area contributed by atoms with E-state index >= 15 is 0 Å². The van der Waals surface area contributed by atoms with Gasteiger partial charge in [-0.2, -0.15) is 0 Å². The lowest BCUT2D eigenvalue weighted by Gasteiger charge is -2.16. The van der Waals surface area contributed by atoms with Gasteiger partial charge in [0, 0.05) is 4.88 Å². The molecule has 2 rings (SSSR count). The molecule has 0 saturated carbocycles. The van der Waals surface area contributed by atoms with E-state index in [2.05, 4.69) is 12.2 Å². The number of fused-ring (bicyclic) bond motifs is 1. The monoisotopic (exact) mass is 310 g/mol. The second-order valence-corrected chi connectivity index (χ2v) is 6.58. The standard InChI is InChI=1S/C14H18N2O4S/c1-7-2-3-10-8(4-7)5-11(21-10)13(18)16-9(14(19)20)6-12(15)17/h5,7,9H,2-4,6H2,1H3,(H2,15,17)(H,16,18)(H,19,20)/t7?,9-/m0/s1. The van der Waals surface area contributed by atoms with Gasteiger partial charge >= 0.3 is 5.97 Å². The number of thiophene rings is 1. The molecule has 0 spiro atoms. The van der Waals surface area contributed by atoms with Crippen molar-refractivity contribution in [1.29, 1.82) is 0 Å². The molecule has 1 aromatic heterocycles. The zero-order chi connectivity index (χ0) is 15.6. The highest BCUT2D eigenvalue weighted by Gasteiger charge is 2.25. The van der Waals surface area contributed by atoms with Gasteiger partial charge in [0.1, 0.15) is 6.04 Å². The minimum atomic E-state index is -1.28. The van der Waals surface area contributed by atoms with E-state index in [1.54, 1.807) is 0 Å². The van der Waals surface area contributed by atoms with Crippen LogP contribution < -0.4 is 11.1 Å². The summed E-state index contributed by atoms with van der Waals surface area (Å²) in [6.07, 6.45) is 2.60. The van der Waals surface area contributed by atoms with Crippen LogP contribution in [-0.2, 0) is 22.4 Å². The SMILES string of the molecule is CC1CCc2sc(C(=O)N[C@@H](CC(N)=O)C(=O)O)cc2C1. The first-order valence-corrected chi connectivity index (χ1v) is 7.62. The molecule has 1 aromatic rings. The van der Waals surface area contributed by atoms with E-state index in [0.717, 1.165) is 19.3 Å². The minimum Gasteiger partial charge on any atom is -0.480 e. The smallest absolute Gasteiger partial charge is 0.326 e. The third-order valence-electron chi connectivity index (χ3n) is 3.56. The average Bonchev–Trinajstić information content (AvgIpc) is 2.80. The number of aliphatic carboxylic acids is 1. The summed E-state index contributed by atoms with van der Waals surface area (Å²) in [7, 11) is 0. The fourth-order valence-electron chi connectivity index (χ4n) is 2.45. The second kappa shape index (κ2) is 6.26. The Morgan fingerprint density at radius 3 is 2.86 bits per heavy atom. The zero-order valence-electron chi connectivity index (χ0n) is 11.7. The molecular weight excluding hydrogens is 292 g/mol. The lowest BCUT2D eigenvalue weighted by Crippen LogP contribution is -2.43. The molecule has 4 N–H and O–H groups in total. The predicted molar refractivity (Wildman–Crippen MR) is 78.2 cm³/mol. The zero-order valence-corrected chi connectivity index (χ0v) is 12.5. The molecule has 2 atom stereocenters. The average molecular weight is 310 g/mol. The topological polar surface area (TPSA) is 109 Å². The van der Waals surface area contributed by atoms with E-state index in [4.69, 9.17) is 10.8 Å². The molecule has 0 fully saturated rings. The van der Waals surface area contributed by atoms with E-state index in [9.17, 15) is 14.4 Å². The third kappa shape index (κ3) is 3.81. The van der Waals surface area contributed by atoms with Crippen molar-refractivity contribution in [3.8, 4) is 0 Å². The highest BCUT2D eigenvalue weighted by atomic mass is 32.1. The summed E-state index contributed by atoms with van der Waals surface area (Å²) in [5, 5.41) is 11.4. The van der Waals surface area contributed by atoms with Gasteiger partial charge in [0.05, 0.1) is 11.3 Å². The molecule has 1 aliphatic carbocycles. The molecule has 0 aliphatic heterocycles. The van der Waals surface area contributed by atoms with Crippen LogP contribution in [0.3, 0.4) is 0 Å². The van der Waals surface area contributed by atoms with E-state index < -0.39 is 30.2 Å². The molecular formula is C14H18N2O4S. The van der Waals surface area contributed by atoms with Gasteiger partial charge < -0.3 is 16.2 Å². The van der Waals surface area contributed by atoms with Crippen molar-refractivity contribution in [3.05, 3.63) is 21.4 Å². The fourth-order valence-corrected chi connectivity index (χ4v) is 3.56.